The number of halogens is 3. The zero-order chi connectivity index (χ0) is 21.6. The van der Waals surface area contributed by atoms with Gasteiger partial charge in [0.25, 0.3) is 10.1 Å². The summed E-state index contributed by atoms with van der Waals surface area (Å²) in [5, 5.41) is 0.339. The van der Waals surface area contributed by atoms with Crippen molar-refractivity contribution >= 4 is 21.7 Å². The van der Waals surface area contributed by atoms with Gasteiger partial charge in [0.15, 0.2) is 0 Å². The fourth-order valence-corrected chi connectivity index (χ4v) is 4.77. The minimum absolute atomic E-state index is 0.00186. The Bertz CT molecular complexity index is 1260. The minimum Gasteiger partial charge on any atom is -0.484 e. The Kier molecular flexibility index (Phi) is 5.30. The summed E-state index contributed by atoms with van der Waals surface area (Å²) in [4.78, 5) is -0.00186. The third kappa shape index (κ3) is 3.69. The molecule has 0 aromatic heterocycles. The average Bonchev–Trinajstić information content (AvgIpc) is 3.13. The van der Waals surface area contributed by atoms with E-state index in [1.807, 2.05) is 6.92 Å². The van der Waals surface area contributed by atoms with Crippen LogP contribution in [0, 0.1) is 18.6 Å². The van der Waals surface area contributed by atoms with Gasteiger partial charge >= 0.3 is 0 Å². The van der Waals surface area contributed by atoms with Gasteiger partial charge in [0.2, 0.25) is 0 Å². The predicted molar refractivity (Wildman–Crippen MR) is 109 cm³/mol. The molecule has 0 spiro atoms. The quantitative estimate of drug-likeness (QED) is 0.485. The maximum Gasteiger partial charge on any atom is 0.297 e. The number of hydrogen-bond acceptors (Lipinski definition) is 4. The summed E-state index contributed by atoms with van der Waals surface area (Å²) < 4.78 is 63.8. The van der Waals surface area contributed by atoms with Gasteiger partial charge in [0, 0.05) is 33.7 Å². The molecule has 1 unspecified atom stereocenters. The van der Waals surface area contributed by atoms with Gasteiger partial charge in [-0.05, 0) is 43.3 Å². The molecule has 156 valence electrons. The van der Waals surface area contributed by atoms with Gasteiger partial charge in [0.05, 0.1) is 7.11 Å². The van der Waals surface area contributed by atoms with E-state index in [9.17, 15) is 17.2 Å². The molecule has 8 heteroatoms. The first-order valence-corrected chi connectivity index (χ1v) is 10.8. The second-order valence-corrected chi connectivity index (χ2v) is 9.16. The van der Waals surface area contributed by atoms with Gasteiger partial charge in [-0.3, -0.25) is 4.18 Å². The van der Waals surface area contributed by atoms with Crippen LogP contribution >= 0.6 is 11.6 Å². The first kappa shape index (κ1) is 20.8. The molecule has 1 atom stereocenters. The number of rotatable bonds is 4. The highest BCUT2D eigenvalue weighted by Crippen LogP contribution is 2.46. The molecule has 0 saturated heterocycles. The zero-order valence-electron chi connectivity index (χ0n) is 16.1. The van der Waals surface area contributed by atoms with Gasteiger partial charge in [-0.15, -0.1) is 0 Å². The third-order valence-corrected chi connectivity index (χ3v) is 6.58. The highest BCUT2D eigenvalue weighted by Gasteiger charge is 2.33. The van der Waals surface area contributed by atoms with Gasteiger partial charge in [-0.2, -0.15) is 8.42 Å². The lowest BCUT2D eigenvalue weighted by Gasteiger charge is -2.17. The van der Waals surface area contributed by atoms with Crippen molar-refractivity contribution in [2.75, 3.05) is 7.11 Å². The molecule has 0 N–H and O–H groups in total. The van der Waals surface area contributed by atoms with Gasteiger partial charge in [0.1, 0.15) is 28.4 Å². The van der Waals surface area contributed by atoms with E-state index in [2.05, 4.69) is 4.18 Å². The van der Waals surface area contributed by atoms with Gasteiger partial charge in [-0.1, -0.05) is 29.3 Å². The van der Waals surface area contributed by atoms with E-state index in [4.69, 9.17) is 16.3 Å². The largest absolute Gasteiger partial charge is 0.484 e. The van der Waals surface area contributed by atoms with Crippen LogP contribution < -0.4 is 4.74 Å². The van der Waals surface area contributed by atoms with Crippen molar-refractivity contribution in [3.05, 3.63) is 81.9 Å². The Hall–Kier alpha value is -2.48. The Morgan fingerprint density at radius 3 is 2.57 bits per heavy atom. The molecule has 3 aromatic rings. The van der Waals surface area contributed by atoms with Crippen LogP contribution in [0.15, 0.2) is 53.4 Å². The lowest BCUT2D eigenvalue weighted by atomic mass is 9.98. The predicted octanol–water partition coefficient (Wildman–Crippen LogP) is 5.60. The van der Waals surface area contributed by atoms with Crippen molar-refractivity contribution in [3.63, 3.8) is 0 Å². The maximum atomic E-state index is 14.4. The summed E-state index contributed by atoms with van der Waals surface area (Å²) in [6, 6.07) is 11.2. The Morgan fingerprint density at radius 2 is 1.83 bits per heavy atom. The highest BCUT2D eigenvalue weighted by atomic mass is 35.5. The van der Waals surface area contributed by atoms with E-state index in [1.165, 1.54) is 12.1 Å². The Morgan fingerprint density at radius 1 is 1.07 bits per heavy atom. The molecule has 1 aliphatic heterocycles. The first-order valence-electron chi connectivity index (χ1n) is 9.05. The molecule has 1 heterocycles. The normalized spacial score (nSPS) is 15.7. The fraction of sp³-hybridized carbons (Fsp3) is 0.182. The van der Waals surface area contributed by atoms with E-state index in [-0.39, 0.29) is 10.5 Å². The molecule has 0 aliphatic carbocycles. The van der Waals surface area contributed by atoms with E-state index < -0.39 is 27.9 Å². The molecular formula is C22H17ClF2O4S. The Labute approximate surface area is 178 Å². The molecule has 1 aliphatic rings. The average molecular weight is 451 g/mol. The number of fused-ring (bicyclic) bond motifs is 1. The summed E-state index contributed by atoms with van der Waals surface area (Å²) >= 11 is 6.23. The van der Waals surface area contributed by atoms with Crippen LogP contribution in [0.5, 0.6) is 5.75 Å². The number of benzene rings is 3. The molecule has 3 aromatic carbocycles. The van der Waals surface area contributed by atoms with Crippen molar-refractivity contribution in [1.82, 2.24) is 0 Å². The van der Waals surface area contributed by atoms with Crippen LogP contribution in [-0.4, -0.2) is 15.5 Å². The van der Waals surface area contributed by atoms with Gasteiger partial charge < -0.3 is 4.74 Å². The molecular weight excluding hydrogens is 434 g/mol. The monoisotopic (exact) mass is 450 g/mol. The van der Waals surface area contributed by atoms with E-state index >= 15 is 0 Å². The van der Waals surface area contributed by atoms with Crippen molar-refractivity contribution in [1.29, 1.82) is 0 Å². The lowest BCUT2D eigenvalue weighted by molar-refractivity contribution is 0.235. The second-order valence-electron chi connectivity index (χ2n) is 7.04. The summed E-state index contributed by atoms with van der Waals surface area (Å²) in [7, 11) is -2.88. The van der Waals surface area contributed by atoms with E-state index in [1.54, 1.807) is 18.2 Å². The number of ether oxygens (including phenoxy) is 1. The smallest absolute Gasteiger partial charge is 0.297 e. The summed E-state index contributed by atoms with van der Waals surface area (Å²) in [5.74, 6) is -0.871. The maximum absolute atomic E-state index is 14.4. The van der Waals surface area contributed by atoms with Crippen LogP contribution in [0.25, 0.3) is 11.1 Å². The first-order chi connectivity index (χ1) is 14.2. The molecule has 4 rings (SSSR count). The van der Waals surface area contributed by atoms with Crippen LogP contribution in [0.3, 0.4) is 0 Å². The summed E-state index contributed by atoms with van der Waals surface area (Å²) in [5.41, 5.74) is 2.27. The van der Waals surface area contributed by atoms with E-state index in [0.29, 0.717) is 33.9 Å². The van der Waals surface area contributed by atoms with Crippen LogP contribution in [0.4, 0.5) is 8.78 Å². The van der Waals surface area contributed by atoms with Crippen molar-refractivity contribution in [2.45, 2.75) is 24.3 Å². The minimum atomic E-state index is -3.97. The summed E-state index contributed by atoms with van der Waals surface area (Å²) in [6.07, 6.45) is -0.344. The molecule has 0 radical (unpaired) electrons. The molecule has 4 nitrogen and oxygen atoms in total. The van der Waals surface area contributed by atoms with E-state index in [0.717, 1.165) is 30.9 Å². The van der Waals surface area contributed by atoms with Crippen LogP contribution in [-0.2, 0) is 20.7 Å². The molecule has 0 fully saturated rings. The SMILES string of the molecule is COS(=O)(=O)c1ccc(C)cc1C1Cc2cc(Cl)cc(-c3cc(F)ccc3F)c2O1. The van der Waals surface area contributed by atoms with Crippen LogP contribution in [0.1, 0.15) is 22.8 Å². The van der Waals surface area contributed by atoms with Gasteiger partial charge in [-0.25, -0.2) is 8.78 Å². The molecule has 0 bridgehead atoms. The second kappa shape index (κ2) is 7.65. The van der Waals surface area contributed by atoms with Crippen molar-refractivity contribution in [3.8, 4) is 16.9 Å². The summed E-state index contributed by atoms with van der Waals surface area (Å²) in [6.45, 7) is 1.83. The standard InChI is InChI=1S/C22H17ClF2O4S/c1-12-3-6-21(30(26,27)28-2)18(7-12)20-9-13-8-14(23)10-17(22(13)29-20)16-11-15(24)4-5-19(16)25/h3-8,10-11,20H,9H2,1-2H3. The fourth-order valence-electron chi connectivity index (χ4n) is 3.64. The van der Waals surface area contributed by atoms with Crippen molar-refractivity contribution in [2.24, 2.45) is 0 Å². The van der Waals surface area contributed by atoms with Crippen molar-refractivity contribution < 1.29 is 26.1 Å². The highest BCUT2D eigenvalue weighted by molar-refractivity contribution is 7.86. The molecule has 30 heavy (non-hydrogen) atoms. The lowest BCUT2D eigenvalue weighted by Crippen LogP contribution is -2.12. The number of hydrogen-bond donors (Lipinski definition) is 0. The Balaban J connectivity index is 1.84. The van der Waals surface area contributed by atoms with Crippen LogP contribution in [0.2, 0.25) is 5.02 Å². The zero-order valence-corrected chi connectivity index (χ0v) is 17.7. The molecule has 0 amide bonds. The third-order valence-electron chi connectivity index (χ3n) is 5.02. The number of aryl methyl sites for hydroxylation is 1. The molecule has 0 saturated carbocycles. The topological polar surface area (TPSA) is 52.6 Å².